The molecular formula is C16H17N3. The first-order chi connectivity index (χ1) is 9.34. The van der Waals surface area contributed by atoms with Crippen molar-refractivity contribution < 1.29 is 0 Å². The van der Waals surface area contributed by atoms with Crippen molar-refractivity contribution in [3.05, 3.63) is 53.2 Å². The zero-order valence-corrected chi connectivity index (χ0v) is 11.1. The van der Waals surface area contributed by atoms with Crippen LogP contribution in [0, 0.1) is 6.92 Å². The van der Waals surface area contributed by atoms with Gasteiger partial charge < -0.3 is 10.2 Å². The fourth-order valence-corrected chi connectivity index (χ4v) is 3.30. The highest BCUT2D eigenvalue weighted by molar-refractivity contribution is 5.73. The average molecular weight is 251 g/mol. The van der Waals surface area contributed by atoms with E-state index in [0.29, 0.717) is 6.04 Å². The van der Waals surface area contributed by atoms with E-state index >= 15 is 0 Å². The number of aryl methyl sites for hydroxylation is 1. The maximum absolute atomic E-state index is 4.60. The van der Waals surface area contributed by atoms with Crippen LogP contribution in [0.25, 0.3) is 0 Å². The van der Waals surface area contributed by atoms with E-state index in [9.17, 15) is 0 Å². The van der Waals surface area contributed by atoms with Crippen molar-refractivity contribution in [1.82, 2.24) is 4.98 Å². The number of nitrogens with zero attached hydrogens (tertiary/aromatic N) is 2. The van der Waals surface area contributed by atoms with Gasteiger partial charge in [0, 0.05) is 19.3 Å². The molecule has 0 aliphatic carbocycles. The molecule has 2 aliphatic heterocycles. The second kappa shape index (κ2) is 3.98. The summed E-state index contributed by atoms with van der Waals surface area (Å²) in [6.45, 7) is 4.18. The van der Waals surface area contributed by atoms with Gasteiger partial charge in [0.2, 0.25) is 0 Å². The quantitative estimate of drug-likeness (QED) is 0.780. The van der Waals surface area contributed by atoms with E-state index in [2.05, 4.69) is 52.5 Å². The molecule has 1 aromatic heterocycles. The smallest absolute Gasteiger partial charge is 0.152 e. The van der Waals surface area contributed by atoms with Crippen molar-refractivity contribution in [3.8, 4) is 0 Å². The molecule has 0 amide bonds. The molecule has 2 aliphatic rings. The zero-order valence-electron chi connectivity index (χ0n) is 11.1. The largest absolute Gasteiger partial charge is 0.379 e. The summed E-state index contributed by atoms with van der Waals surface area (Å²) in [6, 6.07) is 11.3. The van der Waals surface area contributed by atoms with Crippen LogP contribution in [0.4, 0.5) is 11.5 Å². The summed E-state index contributed by atoms with van der Waals surface area (Å²) in [7, 11) is 0. The van der Waals surface area contributed by atoms with Crippen molar-refractivity contribution in [2.24, 2.45) is 0 Å². The van der Waals surface area contributed by atoms with E-state index in [1.54, 1.807) is 0 Å². The van der Waals surface area contributed by atoms with Crippen LogP contribution in [0.3, 0.4) is 0 Å². The number of pyridine rings is 1. The van der Waals surface area contributed by atoms with Gasteiger partial charge in [0.15, 0.2) is 5.82 Å². The predicted octanol–water partition coefficient (Wildman–Crippen LogP) is 2.92. The lowest BCUT2D eigenvalue weighted by Crippen LogP contribution is -2.43. The Bertz CT molecular complexity index is 636. The molecule has 3 nitrogen and oxygen atoms in total. The second-order valence-corrected chi connectivity index (χ2v) is 5.37. The highest BCUT2D eigenvalue weighted by atomic mass is 15.3. The highest BCUT2D eigenvalue weighted by Gasteiger charge is 2.33. The lowest BCUT2D eigenvalue weighted by atomic mass is 9.91. The Morgan fingerprint density at radius 3 is 3.11 bits per heavy atom. The Labute approximate surface area is 113 Å². The standard InChI is InChI=1S/C16H17N3/c1-11-6-8-17-16-15(11)18-10-14-13-5-3-2-4-12(13)7-9-19(14)16/h2-6,8,14,18H,7,9-10H2,1H3. The number of aromatic nitrogens is 1. The van der Waals surface area contributed by atoms with Gasteiger partial charge in [-0.25, -0.2) is 4.98 Å². The van der Waals surface area contributed by atoms with Gasteiger partial charge in [0.25, 0.3) is 0 Å². The van der Waals surface area contributed by atoms with E-state index < -0.39 is 0 Å². The number of nitrogens with one attached hydrogen (secondary N) is 1. The van der Waals surface area contributed by atoms with Gasteiger partial charge in [-0.2, -0.15) is 0 Å². The molecule has 1 aromatic carbocycles. The molecule has 1 atom stereocenters. The van der Waals surface area contributed by atoms with E-state index in [1.807, 2.05) is 6.20 Å². The molecule has 0 saturated heterocycles. The molecule has 0 saturated carbocycles. The normalized spacial score (nSPS) is 20.1. The molecular weight excluding hydrogens is 234 g/mol. The number of hydrogen-bond donors (Lipinski definition) is 1. The van der Waals surface area contributed by atoms with Crippen molar-refractivity contribution in [1.29, 1.82) is 0 Å². The molecule has 3 heterocycles. The number of hydrogen-bond acceptors (Lipinski definition) is 3. The third-order valence-electron chi connectivity index (χ3n) is 4.30. The number of fused-ring (bicyclic) bond motifs is 5. The zero-order chi connectivity index (χ0) is 12.8. The van der Waals surface area contributed by atoms with Gasteiger partial charge in [-0.05, 0) is 36.1 Å². The van der Waals surface area contributed by atoms with E-state index in [4.69, 9.17) is 0 Å². The number of anilines is 2. The van der Waals surface area contributed by atoms with Gasteiger partial charge >= 0.3 is 0 Å². The van der Waals surface area contributed by atoms with Crippen LogP contribution in [0.5, 0.6) is 0 Å². The Hall–Kier alpha value is -2.03. The fraction of sp³-hybridized carbons (Fsp3) is 0.312. The Balaban J connectivity index is 1.83. The topological polar surface area (TPSA) is 28.2 Å². The van der Waals surface area contributed by atoms with Crippen LogP contribution in [-0.4, -0.2) is 18.1 Å². The van der Waals surface area contributed by atoms with E-state index in [0.717, 1.165) is 25.3 Å². The van der Waals surface area contributed by atoms with Crippen LogP contribution < -0.4 is 10.2 Å². The summed E-state index contributed by atoms with van der Waals surface area (Å²) in [5.41, 5.74) is 5.43. The van der Waals surface area contributed by atoms with Crippen molar-refractivity contribution in [3.63, 3.8) is 0 Å². The van der Waals surface area contributed by atoms with Crippen LogP contribution in [0.1, 0.15) is 22.7 Å². The first kappa shape index (κ1) is 10.9. The molecule has 1 N–H and O–H groups in total. The summed E-state index contributed by atoms with van der Waals surface area (Å²) < 4.78 is 0. The van der Waals surface area contributed by atoms with Crippen molar-refractivity contribution >= 4 is 11.5 Å². The summed E-state index contributed by atoms with van der Waals surface area (Å²) in [6.07, 6.45) is 3.03. The van der Waals surface area contributed by atoms with Gasteiger partial charge in [0.05, 0.1) is 11.7 Å². The van der Waals surface area contributed by atoms with Gasteiger partial charge in [-0.15, -0.1) is 0 Å². The molecule has 4 rings (SSSR count). The first-order valence-corrected chi connectivity index (χ1v) is 6.88. The molecule has 0 radical (unpaired) electrons. The van der Waals surface area contributed by atoms with Gasteiger partial charge in [-0.1, -0.05) is 24.3 Å². The molecule has 0 spiro atoms. The number of benzene rings is 1. The second-order valence-electron chi connectivity index (χ2n) is 5.37. The van der Waals surface area contributed by atoms with Gasteiger partial charge in [0.1, 0.15) is 0 Å². The third kappa shape index (κ3) is 1.54. The SMILES string of the molecule is Cc1ccnc2c1NCC1c3ccccc3CCN21. The third-order valence-corrected chi connectivity index (χ3v) is 4.30. The van der Waals surface area contributed by atoms with Crippen molar-refractivity contribution in [2.75, 3.05) is 23.3 Å². The Kier molecular flexibility index (Phi) is 2.28. The van der Waals surface area contributed by atoms with Gasteiger partial charge in [-0.3, -0.25) is 0 Å². The van der Waals surface area contributed by atoms with Crippen LogP contribution in [0.15, 0.2) is 36.5 Å². The molecule has 0 fully saturated rings. The van der Waals surface area contributed by atoms with Crippen LogP contribution in [0.2, 0.25) is 0 Å². The minimum absolute atomic E-state index is 0.423. The minimum atomic E-state index is 0.423. The highest BCUT2D eigenvalue weighted by Crippen LogP contribution is 2.40. The Morgan fingerprint density at radius 1 is 1.26 bits per heavy atom. The lowest BCUT2D eigenvalue weighted by Gasteiger charge is -2.43. The van der Waals surface area contributed by atoms with E-state index in [-0.39, 0.29) is 0 Å². The molecule has 1 unspecified atom stereocenters. The van der Waals surface area contributed by atoms with Crippen LogP contribution >= 0.6 is 0 Å². The monoisotopic (exact) mass is 251 g/mol. The minimum Gasteiger partial charge on any atom is -0.379 e. The fourth-order valence-electron chi connectivity index (χ4n) is 3.30. The molecule has 19 heavy (non-hydrogen) atoms. The molecule has 96 valence electrons. The summed E-state index contributed by atoms with van der Waals surface area (Å²) in [4.78, 5) is 7.06. The molecule has 0 bridgehead atoms. The first-order valence-electron chi connectivity index (χ1n) is 6.88. The van der Waals surface area contributed by atoms with Crippen LogP contribution in [-0.2, 0) is 6.42 Å². The summed E-state index contributed by atoms with van der Waals surface area (Å²) >= 11 is 0. The van der Waals surface area contributed by atoms with Crippen molar-refractivity contribution in [2.45, 2.75) is 19.4 Å². The van der Waals surface area contributed by atoms with E-state index in [1.165, 1.54) is 22.4 Å². The average Bonchev–Trinajstić information content (AvgIpc) is 2.47. The molecule has 2 aromatic rings. The number of rotatable bonds is 0. The Morgan fingerprint density at radius 2 is 2.16 bits per heavy atom. The maximum atomic E-state index is 4.60. The molecule has 3 heteroatoms. The maximum Gasteiger partial charge on any atom is 0.152 e. The lowest BCUT2D eigenvalue weighted by molar-refractivity contribution is 0.583. The predicted molar refractivity (Wildman–Crippen MR) is 77.7 cm³/mol. The summed E-state index contributed by atoms with van der Waals surface area (Å²) in [5, 5.41) is 3.57. The summed E-state index contributed by atoms with van der Waals surface area (Å²) in [5.74, 6) is 1.12.